The van der Waals surface area contributed by atoms with Gasteiger partial charge in [-0.2, -0.15) is 5.10 Å². The van der Waals surface area contributed by atoms with Crippen LogP contribution < -0.4 is 11.3 Å². The van der Waals surface area contributed by atoms with Crippen LogP contribution in [0.4, 0.5) is 4.39 Å². The summed E-state index contributed by atoms with van der Waals surface area (Å²) in [5, 5.41) is 4.53. The van der Waals surface area contributed by atoms with Gasteiger partial charge in [-0.05, 0) is 18.1 Å². The molecule has 0 fully saturated rings. The summed E-state index contributed by atoms with van der Waals surface area (Å²) in [5.41, 5.74) is 2.96. The summed E-state index contributed by atoms with van der Waals surface area (Å²) in [6.07, 6.45) is 1.90. The van der Waals surface area contributed by atoms with Crippen LogP contribution in [0.2, 0.25) is 5.02 Å². The number of rotatable bonds is 6. The van der Waals surface area contributed by atoms with Crippen molar-refractivity contribution in [1.29, 1.82) is 0 Å². The van der Waals surface area contributed by atoms with Crippen molar-refractivity contribution in [2.75, 3.05) is 0 Å². The molecule has 0 radical (unpaired) electrons. The van der Waals surface area contributed by atoms with Gasteiger partial charge in [-0.1, -0.05) is 31.5 Å². The maximum Gasteiger partial charge on any atom is 0.138 e. The Bertz CT molecular complexity index is 579. The van der Waals surface area contributed by atoms with E-state index in [4.69, 9.17) is 17.4 Å². The standard InChI is InChI=1S/C14H19ClFN5/c1-9(2)7-21-13(18-8-19-21)6-12(20-17)14-10(15)4-3-5-11(14)16/h3-5,8-9,12,20H,6-7,17H2,1-2H3. The normalized spacial score (nSPS) is 12.9. The van der Waals surface area contributed by atoms with Gasteiger partial charge in [0.1, 0.15) is 18.0 Å². The van der Waals surface area contributed by atoms with Gasteiger partial charge >= 0.3 is 0 Å². The fourth-order valence-corrected chi connectivity index (χ4v) is 2.51. The van der Waals surface area contributed by atoms with Gasteiger partial charge in [-0.15, -0.1) is 0 Å². The third-order valence-corrected chi connectivity index (χ3v) is 3.50. The van der Waals surface area contributed by atoms with E-state index in [0.717, 1.165) is 12.4 Å². The molecule has 7 heteroatoms. The molecule has 1 heterocycles. The van der Waals surface area contributed by atoms with Crippen LogP contribution in [-0.2, 0) is 13.0 Å². The van der Waals surface area contributed by atoms with E-state index >= 15 is 0 Å². The van der Waals surface area contributed by atoms with Crippen molar-refractivity contribution >= 4 is 11.6 Å². The van der Waals surface area contributed by atoms with Crippen LogP contribution in [0, 0.1) is 11.7 Å². The van der Waals surface area contributed by atoms with Crippen molar-refractivity contribution in [2.45, 2.75) is 32.9 Å². The first-order valence-corrected chi connectivity index (χ1v) is 7.17. The van der Waals surface area contributed by atoms with E-state index in [-0.39, 0.29) is 5.82 Å². The molecule has 1 atom stereocenters. The van der Waals surface area contributed by atoms with Gasteiger partial charge in [0.2, 0.25) is 0 Å². The zero-order valence-electron chi connectivity index (χ0n) is 12.1. The Hall–Kier alpha value is -1.50. The number of nitrogens with one attached hydrogen (secondary N) is 1. The molecule has 1 aromatic carbocycles. The third kappa shape index (κ3) is 3.78. The van der Waals surface area contributed by atoms with E-state index in [2.05, 4.69) is 29.4 Å². The molecule has 2 aromatic rings. The second-order valence-corrected chi connectivity index (χ2v) is 5.72. The first-order chi connectivity index (χ1) is 10.0. The van der Waals surface area contributed by atoms with Crippen LogP contribution in [0.25, 0.3) is 0 Å². The maximum absolute atomic E-state index is 14.0. The molecular weight excluding hydrogens is 293 g/mol. The molecule has 3 N–H and O–H groups in total. The Balaban J connectivity index is 2.26. The predicted octanol–water partition coefficient (Wildman–Crippen LogP) is 2.47. The highest BCUT2D eigenvalue weighted by Crippen LogP contribution is 2.27. The van der Waals surface area contributed by atoms with Gasteiger partial charge in [0, 0.05) is 23.6 Å². The van der Waals surface area contributed by atoms with Gasteiger partial charge < -0.3 is 0 Å². The van der Waals surface area contributed by atoms with Crippen LogP contribution in [0.15, 0.2) is 24.5 Å². The number of hydrogen-bond donors (Lipinski definition) is 2. The minimum absolute atomic E-state index is 0.341. The Labute approximate surface area is 128 Å². The monoisotopic (exact) mass is 311 g/mol. The average molecular weight is 312 g/mol. The fourth-order valence-electron chi connectivity index (χ4n) is 2.22. The lowest BCUT2D eigenvalue weighted by atomic mass is 10.0. The van der Waals surface area contributed by atoms with Gasteiger partial charge in [-0.3, -0.25) is 11.3 Å². The summed E-state index contributed by atoms with van der Waals surface area (Å²) >= 11 is 6.09. The van der Waals surface area contributed by atoms with Crippen molar-refractivity contribution in [3.8, 4) is 0 Å². The summed E-state index contributed by atoms with van der Waals surface area (Å²) in [7, 11) is 0. The van der Waals surface area contributed by atoms with Gasteiger partial charge in [0.25, 0.3) is 0 Å². The molecule has 0 saturated carbocycles. The fraction of sp³-hybridized carbons (Fsp3) is 0.429. The van der Waals surface area contributed by atoms with E-state index < -0.39 is 6.04 Å². The zero-order valence-corrected chi connectivity index (χ0v) is 12.8. The largest absolute Gasteiger partial charge is 0.271 e. The topological polar surface area (TPSA) is 68.8 Å². The predicted molar refractivity (Wildman–Crippen MR) is 80.0 cm³/mol. The molecular formula is C14H19ClFN5. The summed E-state index contributed by atoms with van der Waals surface area (Å²) in [5.74, 6) is 6.37. The first kappa shape index (κ1) is 15.9. The average Bonchev–Trinajstić information content (AvgIpc) is 2.83. The number of aromatic nitrogens is 3. The molecule has 5 nitrogen and oxygen atoms in total. The van der Waals surface area contributed by atoms with E-state index in [1.54, 1.807) is 12.1 Å². The van der Waals surface area contributed by atoms with Crippen molar-refractivity contribution in [1.82, 2.24) is 20.2 Å². The molecule has 2 rings (SSSR count). The van der Waals surface area contributed by atoms with Crippen LogP contribution in [-0.4, -0.2) is 14.8 Å². The molecule has 0 amide bonds. The Kier molecular flexibility index (Phi) is 5.27. The lowest BCUT2D eigenvalue weighted by Crippen LogP contribution is -2.31. The summed E-state index contributed by atoms with van der Waals surface area (Å²) in [4.78, 5) is 4.23. The van der Waals surface area contributed by atoms with Crippen LogP contribution in [0.1, 0.15) is 31.3 Å². The third-order valence-electron chi connectivity index (χ3n) is 3.17. The number of nitrogens with zero attached hydrogens (tertiary/aromatic N) is 3. The first-order valence-electron chi connectivity index (χ1n) is 6.79. The van der Waals surface area contributed by atoms with Crippen molar-refractivity contribution < 1.29 is 4.39 Å². The minimum Gasteiger partial charge on any atom is -0.271 e. The van der Waals surface area contributed by atoms with E-state index in [0.29, 0.717) is 22.9 Å². The second kappa shape index (κ2) is 6.98. The minimum atomic E-state index is -0.464. The molecule has 0 aliphatic heterocycles. The number of hydrogen-bond acceptors (Lipinski definition) is 4. The quantitative estimate of drug-likeness (QED) is 0.635. The van der Waals surface area contributed by atoms with E-state index in [1.807, 2.05) is 4.68 Å². The lowest BCUT2D eigenvalue weighted by molar-refractivity contribution is 0.441. The Morgan fingerprint density at radius 1 is 1.43 bits per heavy atom. The summed E-state index contributed by atoms with van der Waals surface area (Å²) in [6, 6.07) is 4.11. The molecule has 0 saturated heterocycles. The molecule has 0 bridgehead atoms. The summed E-state index contributed by atoms with van der Waals surface area (Å²) < 4.78 is 15.8. The van der Waals surface area contributed by atoms with Crippen LogP contribution in [0.3, 0.4) is 0 Å². The smallest absolute Gasteiger partial charge is 0.138 e. The lowest BCUT2D eigenvalue weighted by Gasteiger charge is -2.18. The Morgan fingerprint density at radius 3 is 2.81 bits per heavy atom. The molecule has 1 aromatic heterocycles. The molecule has 0 aliphatic carbocycles. The van der Waals surface area contributed by atoms with Crippen molar-refractivity contribution in [3.05, 3.63) is 46.8 Å². The highest BCUT2D eigenvalue weighted by atomic mass is 35.5. The number of benzene rings is 1. The highest BCUT2D eigenvalue weighted by Gasteiger charge is 2.21. The van der Waals surface area contributed by atoms with Crippen LogP contribution >= 0.6 is 11.6 Å². The summed E-state index contributed by atoms with van der Waals surface area (Å²) in [6.45, 7) is 4.94. The van der Waals surface area contributed by atoms with Gasteiger partial charge in [-0.25, -0.2) is 14.1 Å². The zero-order chi connectivity index (χ0) is 15.4. The van der Waals surface area contributed by atoms with Crippen molar-refractivity contribution in [2.24, 2.45) is 11.8 Å². The molecule has 0 spiro atoms. The van der Waals surface area contributed by atoms with E-state index in [1.165, 1.54) is 12.4 Å². The van der Waals surface area contributed by atoms with Gasteiger partial charge in [0.05, 0.1) is 6.04 Å². The second-order valence-electron chi connectivity index (χ2n) is 5.31. The highest BCUT2D eigenvalue weighted by molar-refractivity contribution is 6.31. The van der Waals surface area contributed by atoms with Crippen molar-refractivity contribution in [3.63, 3.8) is 0 Å². The molecule has 114 valence electrons. The maximum atomic E-state index is 14.0. The van der Waals surface area contributed by atoms with E-state index in [9.17, 15) is 4.39 Å². The van der Waals surface area contributed by atoms with Crippen LogP contribution in [0.5, 0.6) is 0 Å². The Morgan fingerprint density at radius 2 is 2.19 bits per heavy atom. The number of nitrogens with two attached hydrogens (primary N) is 1. The molecule has 21 heavy (non-hydrogen) atoms. The SMILES string of the molecule is CC(C)Cn1ncnc1CC(NN)c1c(F)cccc1Cl. The molecule has 0 aliphatic rings. The van der Waals surface area contributed by atoms with Gasteiger partial charge in [0.15, 0.2) is 0 Å². The molecule has 1 unspecified atom stereocenters. The number of hydrazine groups is 1. The number of halogens is 2.